The van der Waals surface area contributed by atoms with Crippen molar-refractivity contribution in [3.8, 4) is 5.75 Å². The number of nitrogens with zero attached hydrogens (tertiary/aromatic N) is 2. The summed E-state index contributed by atoms with van der Waals surface area (Å²) in [6, 6.07) is 7.92. The fourth-order valence-electron chi connectivity index (χ4n) is 3.26. The van der Waals surface area contributed by atoms with Crippen molar-refractivity contribution < 1.29 is 22.7 Å². The van der Waals surface area contributed by atoms with E-state index in [-0.39, 0.29) is 45.9 Å². The number of para-hydroxylation sites is 1. The van der Waals surface area contributed by atoms with Crippen molar-refractivity contribution in [2.45, 2.75) is 33.7 Å². The smallest absolute Gasteiger partial charge is 0.279 e. The van der Waals surface area contributed by atoms with E-state index >= 15 is 0 Å². The molecule has 3 rings (SSSR count). The number of rotatable bonds is 5. The molecule has 9 nitrogen and oxygen atoms in total. The van der Waals surface area contributed by atoms with E-state index in [1.165, 1.54) is 17.0 Å². The summed E-state index contributed by atoms with van der Waals surface area (Å²) in [6.45, 7) is 7.83. The first-order valence-corrected chi connectivity index (χ1v) is 11.5. The van der Waals surface area contributed by atoms with Gasteiger partial charge in [-0.2, -0.15) is 8.42 Å². The number of aryl methyl sites for hydroxylation is 1. The summed E-state index contributed by atoms with van der Waals surface area (Å²) >= 11 is 0. The molecular formula is C22H28N4O5S. The highest BCUT2D eigenvalue weighted by molar-refractivity contribution is 7.93. The summed E-state index contributed by atoms with van der Waals surface area (Å²) in [7, 11) is -0.727. The Morgan fingerprint density at radius 3 is 2.44 bits per heavy atom. The Morgan fingerprint density at radius 2 is 1.88 bits per heavy atom. The quantitative estimate of drug-likeness (QED) is 0.584. The van der Waals surface area contributed by atoms with Gasteiger partial charge in [0.2, 0.25) is 0 Å². The van der Waals surface area contributed by atoms with Crippen molar-refractivity contribution in [1.82, 2.24) is 10.2 Å². The summed E-state index contributed by atoms with van der Waals surface area (Å²) in [4.78, 5) is 13.7. The van der Waals surface area contributed by atoms with E-state index in [0.29, 0.717) is 5.76 Å². The first-order chi connectivity index (χ1) is 14.8. The SMILES string of the molecule is Cc1ccc([C@H](NC2=CS(=O)(=O)N=C2Nc2cccc(C(=O)N(C)C)c2O)C(C)(C)C)o1. The van der Waals surface area contributed by atoms with Gasteiger partial charge in [-0.3, -0.25) is 4.79 Å². The van der Waals surface area contributed by atoms with Gasteiger partial charge in [0.15, 0.2) is 11.6 Å². The number of hydrogen-bond donors (Lipinski definition) is 3. The van der Waals surface area contributed by atoms with Gasteiger partial charge in [0.05, 0.1) is 28.4 Å². The highest BCUT2D eigenvalue weighted by atomic mass is 32.2. The molecule has 1 atom stereocenters. The molecule has 0 aliphatic carbocycles. The molecule has 0 bridgehead atoms. The molecule has 1 aliphatic rings. The molecule has 2 heterocycles. The highest BCUT2D eigenvalue weighted by Gasteiger charge is 2.33. The predicted molar refractivity (Wildman–Crippen MR) is 123 cm³/mol. The maximum Gasteiger partial charge on any atom is 0.279 e. The minimum Gasteiger partial charge on any atom is -0.505 e. The zero-order chi connectivity index (χ0) is 23.8. The van der Waals surface area contributed by atoms with Crippen LogP contribution in [0.25, 0.3) is 0 Å². The van der Waals surface area contributed by atoms with Crippen LogP contribution < -0.4 is 10.6 Å². The lowest BCUT2D eigenvalue weighted by atomic mass is 9.85. The number of carbonyl (C=O) groups is 1. The molecular weight excluding hydrogens is 432 g/mol. The van der Waals surface area contributed by atoms with Crippen molar-refractivity contribution in [3.05, 3.63) is 58.5 Å². The number of anilines is 1. The van der Waals surface area contributed by atoms with Gasteiger partial charge in [-0.1, -0.05) is 26.8 Å². The number of sulfonamides is 1. The van der Waals surface area contributed by atoms with Crippen LogP contribution >= 0.6 is 0 Å². The lowest BCUT2D eigenvalue weighted by molar-refractivity contribution is 0.0824. The first kappa shape index (κ1) is 23.4. The minimum absolute atomic E-state index is 0.00674. The number of hydrogen-bond acceptors (Lipinski definition) is 7. The normalized spacial score (nSPS) is 16.2. The van der Waals surface area contributed by atoms with Crippen molar-refractivity contribution in [2.24, 2.45) is 9.81 Å². The number of nitrogens with one attached hydrogen (secondary N) is 2. The van der Waals surface area contributed by atoms with Crippen LogP contribution in [0.3, 0.4) is 0 Å². The van der Waals surface area contributed by atoms with E-state index in [4.69, 9.17) is 4.42 Å². The average Bonchev–Trinajstić information content (AvgIpc) is 3.21. The number of carbonyl (C=O) groups excluding carboxylic acids is 1. The van der Waals surface area contributed by atoms with Gasteiger partial charge >= 0.3 is 0 Å². The molecule has 10 heteroatoms. The van der Waals surface area contributed by atoms with E-state index in [9.17, 15) is 18.3 Å². The Hall–Kier alpha value is -3.27. The summed E-state index contributed by atoms with van der Waals surface area (Å²) < 4.78 is 34.1. The van der Waals surface area contributed by atoms with E-state index in [1.807, 2.05) is 39.8 Å². The molecule has 0 spiro atoms. The third-order valence-corrected chi connectivity index (χ3v) is 5.85. The predicted octanol–water partition coefficient (Wildman–Crippen LogP) is 3.37. The van der Waals surface area contributed by atoms with Crippen molar-refractivity contribution in [1.29, 1.82) is 0 Å². The Bertz CT molecular complexity index is 1200. The van der Waals surface area contributed by atoms with Crippen molar-refractivity contribution in [2.75, 3.05) is 19.4 Å². The highest BCUT2D eigenvalue weighted by Crippen LogP contribution is 2.36. The number of phenols is 1. The van der Waals surface area contributed by atoms with Gasteiger partial charge in [-0.25, -0.2) is 0 Å². The summed E-state index contributed by atoms with van der Waals surface area (Å²) in [5, 5.41) is 17.7. The molecule has 2 aromatic rings. The molecule has 0 unspecified atom stereocenters. The molecule has 0 saturated carbocycles. The lowest BCUT2D eigenvalue weighted by Gasteiger charge is -2.31. The van der Waals surface area contributed by atoms with Crippen LogP contribution in [0.4, 0.5) is 5.69 Å². The average molecular weight is 461 g/mol. The number of amidine groups is 1. The van der Waals surface area contributed by atoms with Gasteiger partial charge in [0, 0.05) is 14.1 Å². The van der Waals surface area contributed by atoms with Crippen LogP contribution in [0.15, 0.2) is 50.3 Å². The molecule has 0 saturated heterocycles. The number of furan rings is 1. The molecule has 1 aromatic carbocycles. The number of benzene rings is 1. The van der Waals surface area contributed by atoms with Crippen molar-refractivity contribution in [3.63, 3.8) is 0 Å². The molecule has 1 aliphatic heterocycles. The molecule has 1 aromatic heterocycles. The molecule has 32 heavy (non-hydrogen) atoms. The summed E-state index contributed by atoms with van der Waals surface area (Å²) in [5.41, 5.74) is 0.131. The molecule has 0 fully saturated rings. The Balaban J connectivity index is 1.95. The zero-order valence-electron chi connectivity index (χ0n) is 18.9. The Morgan fingerprint density at radius 1 is 1.19 bits per heavy atom. The third kappa shape index (κ3) is 4.96. The van der Waals surface area contributed by atoms with Gasteiger partial charge in [-0.05, 0) is 36.6 Å². The van der Waals surface area contributed by atoms with Crippen LogP contribution in [-0.2, 0) is 10.0 Å². The molecule has 0 radical (unpaired) electrons. The monoisotopic (exact) mass is 460 g/mol. The zero-order valence-corrected chi connectivity index (χ0v) is 19.7. The fraction of sp³-hybridized carbons (Fsp3) is 0.364. The largest absolute Gasteiger partial charge is 0.505 e. The third-order valence-electron chi connectivity index (χ3n) is 4.88. The lowest BCUT2D eigenvalue weighted by Crippen LogP contribution is -2.35. The Kier molecular flexibility index (Phi) is 6.10. The second kappa shape index (κ2) is 8.34. The summed E-state index contributed by atoms with van der Waals surface area (Å²) in [6.07, 6.45) is 0. The fourth-order valence-corrected chi connectivity index (χ4v) is 4.19. The maximum absolute atomic E-state index is 12.3. The van der Waals surface area contributed by atoms with Gasteiger partial charge < -0.3 is 25.1 Å². The van der Waals surface area contributed by atoms with Crippen LogP contribution in [0.2, 0.25) is 0 Å². The Labute approximate surface area is 187 Å². The minimum atomic E-state index is -3.87. The molecule has 172 valence electrons. The van der Waals surface area contributed by atoms with Crippen LogP contribution in [0, 0.1) is 12.3 Å². The van der Waals surface area contributed by atoms with Crippen LogP contribution in [-0.4, -0.2) is 44.3 Å². The van der Waals surface area contributed by atoms with Crippen LogP contribution in [0.5, 0.6) is 5.75 Å². The molecule has 3 N–H and O–H groups in total. The number of aromatic hydroxyl groups is 1. The van der Waals surface area contributed by atoms with Gasteiger partial charge in [-0.15, -0.1) is 4.40 Å². The van der Waals surface area contributed by atoms with E-state index in [1.54, 1.807) is 20.2 Å². The second-order valence-corrected chi connectivity index (χ2v) is 10.4. The second-order valence-electron chi connectivity index (χ2n) is 8.90. The van der Waals surface area contributed by atoms with E-state index in [0.717, 1.165) is 11.2 Å². The van der Waals surface area contributed by atoms with Crippen molar-refractivity contribution >= 4 is 27.5 Å². The topological polar surface area (TPSA) is 124 Å². The van der Waals surface area contributed by atoms with Gasteiger partial charge in [0.25, 0.3) is 15.9 Å². The molecule has 1 amide bonds. The van der Waals surface area contributed by atoms with E-state index < -0.39 is 10.0 Å². The standard InChI is InChI=1S/C22H28N4O5S/c1-13-10-11-17(31-13)19(22(2,3)4)23-16-12-32(29,30)25-20(16)24-15-9-7-8-14(18(15)27)21(28)26(5)6/h7-12,19,23,27H,1-6H3,(H,24,25)/t19-/m0/s1. The summed E-state index contributed by atoms with van der Waals surface area (Å²) in [5.74, 6) is 0.713. The van der Waals surface area contributed by atoms with E-state index in [2.05, 4.69) is 15.0 Å². The number of amides is 1. The number of phenolic OH excluding ortho intramolecular Hbond substituents is 1. The maximum atomic E-state index is 12.3. The first-order valence-electron chi connectivity index (χ1n) is 9.99. The van der Waals surface area contributed by atoms with Gasteiger partial charge in [0.1, 0.15) is 11.5 Å². The van der Waals surface area contributed by atoms with Crippen LogP contribution in [0.1, 0.15) is 48.7 Å².